The van der Waals surface area contributed by atoms with Crippen molar-refractivity contribution in [2.24, 2.45) is 0 Å². The normalized spacial score (nSPS) is 34.4. The van der Waals surface area contributed by atoms with E-state index in [9.17, 15) is 30.0 Å². The molecule has 0 radical (unpaired) electrons. The molecule has 1 saturated heterocycles. The molecule has 1 aliphatic rings. The van der Waals surface area contributed by atoms with Gasteiger partial charge in [0.25, 0.3) is 0 Å². The number of aliphatic hydroxyl groups excluding tert-OH is 3. The number of nitrogens with one attached hydrogen (secondary N) is 1. The number of aliphatic hydroxyl groups is 4. The number of carboxylic acid groups (broad SMARTS) is 2. The van der Waals surface area contributed by atoms with Crippen LogP contribution in [0.5, 0.6) is 0 Å². The van der Waals surface area contributed by atoms with Crippen molar-refractivity contribution >= 4 is 11.9 Å². The number of aliphatic carboxylic acids is 2. The highest BCUT2D eigenvalue weighted by atomic mass is 16.6. The van der Waals surface area contributed by atoms with Crippen molar-refractivity contribution in [1.29, 1.82) is 0 Å². The summed E-state index contributed by atoms with van der Waals surface area (Å²) in [6.07, 6.45) is -5.49. The minimum Gasteiger partial charge on any atom is -0.481 e. The number of hydrogen-bond acceptors (Lipinski definition) is 8. The average Bonchev–Trinajstić information content (AvgIpc) is 2.40. The molecule has 0 aliphatic carbocycles. The third-order valence-electron chi connectivity index (χ3n) is 3.23. The zero-order valence-electron chi connectivity index (χ0n) is 11.0. The smallest absolute Gasteiger partial charge is 0.320 e. The Morgan fingerprint density at radius 1 is 1.29 bits per heavy atom. The predicted octanol–water partition coefficient (Wildman–Crippen LogP) is -3.30. The Kier molecular flexibility index (Phi) is 6.01. The van der Waals surface area contributed by atoms with E-state index >= 15 is 0 Å². The predicted molar refractivity (Wildman–Crippen MR) is 65.2 cm³/mol. The molecule has 7 N–H and O–H groups in total. The molecule has 0 bridgehead atoms. The van der Waals surface area contributed by atoms with Crippen LogP contribution in [0.3, 0.4) is 0 Å². The lowest BCUT2D eigenvalue weighted by molar-refractivity contribution is -0.318. The third-order valence-corrected chi connectivity index (χ3v) is 3.23. The van der Waals surface area contributed by atoms with Gasteiger partial charge in [-0.1, -0.05) is 0 Å². The molecule has 10 nitrogen and oxygen atoms in total. The fourth-order valence-corrected chi connectivity index (χ4v) is 1.90. The Hall–Kier alpha value is -1.30. The van der Waals surface area contributed by atoms with Crippen LogP contribution in [0.1, 0.15) is 12.8 Å². The lowest BCUT2D eigenvalue weighted by atomic mass is 9.96. The number of rotatable bonds is 7. The van der Waals surface area contributed by atoms with Gasteiger partial charge in [0.05, 0.1) is 13.2 Å². The van der Waals surface area contributed by atoms with Gasteiger partial charge >= 0.3 is 11.9 Å². The summed E-state index contributed by atoms with van der Waals surface area (Å²) in [5, 5.41) is 58.2. The van der Waals surface area contributed by atoms with E-state index in [1.165, 1.54) is 0 Å². The van der Waals surface area contributed by atoms with E-state index in [2.05, 4.69) is 5.32 Å². The Labute approximate surface area is 119 Å². The van der Waals surface area contributed by atoms with Crippen LogP contribution >= 0.6 is 0 Å². The molecule has 10 heteroatoms. The Balaban J connectivity index is 2.61. The Bertz CT molecular complexity index is 390. The van der Waals surface area contributed by atoms with Crippen molar-refractivity contribution in [3.8, 4) is 0 Å². The summed E-state index contributed by atoms with van der Waals surface area (Å²) in [5.74, 6) is -4.78. The van der Waals surface area contributed by atoms with Gasteiger partial charge < -0.3 is 35.4 Å². The quantitative estimate of drug-likeness (QED) is 0.252. The summed E-state index contributed by atoms with van der Waals surface area (Å²) in [6.45, 7) is -1.00. The van der Waals surface area contributed by atoms with Crippen LogP contribution in [0.2, 0.25) is 0 Å². The zero-order chi connectivity index (χ0) is 16.2. The van der Waals surface area contributed by atoms with Crippen LogP contribution in [-0.2, 0) is 14.3 Å². The van der Waals surface area contributed by atoms with Gasteiger partial charge in [0.1, 0.15) is 24.4 Å². The van der Waals surface area contributed by atoms with Gasteiger partial charge in [-0.2, -0.15) is 0 Å². The summed E-state index contributed by atoms with van der Waals surface area (Å²) in [6, 6.07) is -1.27. The lowest BCUT2D eigenvalue weighted by Gasteiger charge is -2.42. The largest absolute Gasteiger partial charge is 0.481 e. The van der Waals surface area contributed by atoms with Crippen LogP contribution in [0.25, 0.3) is 0 Å². The van der Waals surface area contributed by atoms with Crippen LogP contribution in [0, 0.1) is 0 Å². The van der Waals surface area contributed by atoms with E-state index in [0.717, 1.165) is 0 Å². The average molecular weight is 309 g/mol. The molecule has 1 heterocycles. The van der Waals surface area contributed by atoms with E-state index in [1.807, 2.05) is 0 Å². The molecule has 0 saturated carbocycles. The Morgan fingerprint density at radius 2 is 1.90 bits per heavy atom. The molecule has 0 unspecified atom stereocenters. The first-order valence-electron chi connectivity index (χ1n) is 6.26. The van der Waals surface area contributed by atoms with Crippen LogP contribution in [0.15, 0.2) is 0 Å². The molecule has 122 valence electrons. The summed E-state index contributed by atoms with van der Waals surface area (Å²) >= 11 is 0. The van der Waals surface area contributed by atoms with Gasteiger partial charge in [-0.15, -0.1) is 0 Å². The van der Waals surface area contributed by atoms with E-state index in [1.54, 1.807) is 0 Å². The maximum absolute atomic E-state index is 11.0. The van der Waals surface area contributed by atoms with Gasteiger partial charge in [-0.05, 0) is 6.42 Å². The van der Waals surface area contributed by atoms with E-state index < -0.39 is 61.7 Å². The third kappa shape index (κ3) is 4.59. The van der Waals surface area contributed by atoms with Crippen LogP contribution < -0.4 is 5.32 Å². The fraction of sp³-hybridized carbons (Fsp3) is 0.818. The zero-order valence-corrected chi connectivity index (χ0v) is 11.0. The number of carbonyl (C=O) groups is 2. The lowest BCUT2D eigenvalue weighted by Crippen LogP contribution is -2.65. The van der Waals surface area contributed by atoms with Crippen molar-refractivity contribution in [3.05, 3.63) is 0 Å². The molecule has 0 spiro atoms. The van der Waals surface area contributed by atoms with Crippen LogP contribution in [0.4, 0.5) is 0 Å². The maximum Gasteiger partial charge on any atom is 0.320 e. The first-order valence-corrected chi connectivity index (χ1v) is 6.26. The van der Waals surface area contributed by atoms with Crippen LogP contribution in [-0.4, -0.2) is 85.9 Å². The Morgan fingerprint density at radius 3 is 2.43 bits per heavy atom. The van der Waals surface area contributed by atoms with Crippen molar-refractivity contribution in [3.63, 3.8) is 0 Å². The molecule has 21 heavy (non-hydrogen) atoms. The molecule has 0 amide bonds. The highest BCUT2D eigenvalue weighted by molar-refractivity contribution is 5.75. The van der Waals surface area contributed by atoms with Gasteiger partial charge in [-0.25, -0.2) is 0 Å². The summed E-state index contributed by atoms with van der Waals surface area (Å²) in [4.78, 5) is 21.4. The molecule has 1 rings (SSSR count). The first kappa shape index (κ1) is 17.8. The summed E-state index contributed by atoms with van der Waals surface area (Å²) in [5.41, 5.74) is 0. The molecule has 1 fully saturated rings. The number of hydrogen-bond donors (Lipinski definition) is 7. The first-order chi connectivity index (χ1) is 9.67. The standard InChI is InChI=1S/C11H19NO9/c13-6-3-21-11(20,9(17)8(6)16)4-12-5(10(18)19)1-2-7(14)15/h5-6,8-9,12-13,16-17,20H,1-4H2,(H,14,15)(H,18,19)/t5-,6+,8-,9+,11+/m0/s1. The van der Waals surface area contributed by atoms with Crippen molar-refractivity contribution < 1.29 is 45.0 Å². The molecule has 0 aromatic rings. The van der Waals surface area contributed by atoms with Crippen molar-refractivity contribution in [2.45, 2.75) is 43.0 Å². The summed E-state index contributed by atoms with van der Waals surface area (Å²) in [7, 11) is 0. The van der Waals surface area contributed by atoms with E-state index in [0.29, 0.717) is 0 Å². The van der Waals surface area contributed by atoms with Gasteiger partial charge in [0.2, 0.25) is 5.79 Å². The fourth-order valence-electron chi connectivity index (χ4n) is 1.90. The van der Waals surface area contributed by atoms with Gasteiger partial charge in [-0.3, -0.25) is 14.9 Å². The van der Waals surface area contributed by atoms with Gasteiger partial charge in [0.15, 0.2) is 0 Å². The monoisotopic (exact) mass is 309 g/mol. The number of ether oxygens (including phenoxy) is 1. The second-order valence-electron chi connectivity index (χ2n) is 4.86. The maximum atomic E-state index is 11.0. The minimum atomic E-state index is -2.28. The van der Waals surface area contributed by atoms with Gasteiger partial charge in [0, 0.05) is 6.42 Å². The summed E-state index contributed by atoms with van der Waals surface area (Å²) < 4.78 is 4.84. The highest BCUT2D eigenvalue weighted by Crippen LogP contribution is 2.23. The molecule has 5 atom stereocenters. The molecule has 1 aliphatic heterocycles. The SMILES string of the molecule is O=C(O)CC[C@H](NC[C@@]1(O)OC[C@@H](O)[C@H](O)[C@H]1O)C(=O)O. The molecule has 0 aromatic heterocycles. The molecule has 0 aromatic carbocycles. The second kappa shape index (κ2) is 7.11. The van der Waals surface area contributed by atoms with Crippen molar-refractivity contribution in [2.75, 3.05) is 13.2 Å². The van der Waals surface area contributed by atoms with E-state index in [-0.39, 0.29) is 6.42 Å². The second-order valence-corrected chi connectivity index (χ2v) is 4.86. The van der Waals surface area contributed by atoms with Crippen molar-refractivity contribution in [1.82, 2.24) is 5.32 Å². The minimum absolute atomic E-state index is 0.234. The van der Waals surface area contributed by atoms with E-state index in [4.69, 9.17) is 14.9 Å². The molecular formula is C11H19NO9. The number of carboxylic acids is 2. The topological polar surface area (TPSA) is 177 Å². The molecular weight excluding hydrogens is 290 g/mol. The highest BCUT2D eigenvalue weighted by Gasteiger charge is 2.48.